The van der Waals surface area contributed by atoms with Crippen LogP contribution in [-0.4, -0.2) is 25.6 Å². The summed E-state index contributed by atoms with van der Waals surface area (Å²) >= 11 is 0. The molecule has 30 heavy (non-hydrogen) atoms. The van der Waals surface area contributed by atoms with Crippen molar-refractivity contribution in [2.75, 3.05) is 0 Å². The molecule has 3 rings (SSSR count). The normalized spacial score (nSPS) is 36.9. The van der Waals surface area contributed by atoms with E-state index < -0.39 is 8.32 Å². The van der Waals surface area contributed by atoms with Crippen molar-refractivity contribution in [1.82, 2.24) is 0 Å². The van der Waals surface area contributed by atoms with Crippen LogP contribution in [0.2, 0.25) is 18.1 Å². The fourth-order valence-electron chi connectivity index (χ4n) is 6.15. The molecule has 0 amide bonds. The van der Waals surface area contributed by atoms with Gasteiger partial charge in [-0.05, 0) is 99.2 Å². The van der Waals surface area contributed by atoms with Crippen LogP contribution >= 0.6 is 0 Å². The number of aliphatic hydroxyl groups is 1. The molecule has 3 heteroatoms. The minimum absolute atomic E-state index is 0.191. The summed E-state index contributed by atoms with van der Waals surface area (Å²) in [5.74, 6) is 1.09. The van der Waals surface area contributed by atoms with Gasteiger partial charge in [-0.15, -0.1) is 0 Å². The molecule has 3 fully saturated rings. The summed E-state index contributed by atoms with van der Waals surface area (Å²) in [7, 11) is -1.74. The summed E-state index contributed by atoms with van der Waals surface area (Å²) in [6.07, 6.45) is 14.3. The number of hydrogen-bond donors (Lipinski definition) is 1. The van der Waals surface area contributed by atoms with Crippen molar-refractivity contribution < 1.29 is 9.53 Å². The molecule has 3 aliphatic carbocycles. The molecule has 0 aromatic rings. The lowest BCUT2D eigenvalue weighted by Gasteiger charge is -2.43. The maximum atomic E-state index is 10.3. The van der Waals surface area contributed by atoms with E-state index in [0.717, 1.165) is 19.3 Å². The maximum Gasteiger partial charge on any atom is 0.192 e. The van der Waals surface area contributed by atoms with Crippen LogP contribution in [0.15, 0.2) is 35.5 Å². The Balaban J connectivity index is 1.75. The molecule has 0 heterocycles. The molecule has 2 nitrogen and oxygen atoms in total. The van der Waals surface area contributed by atoms with Gasteiger partial charge in [-0.2, -0.15) is 0 Å². The van der Waals surface area contributed by atoms with Gasteiger partial charge >= 0.3 is 0 Å². The van der Waals surface area contributed by atoms with Gasteiger partial charge in [-0.1, -0.05) is 57.6 Å². The quantitative estimate of drug-likeness (QED) is 0.466. The van der Waals surface area contributed by atoms with Crippen LogP contribution in [0.3, 0.4) is 0 Å². The Morgan fingerprint density at radius 3 is 2.50 bits per heavy atom. The zero-order valence-electron chi connectivity index (χ0n) is 20.7. The molecule has 5 atom stereocenters. The fourth-order valence-corrected chi connectivity index (χ4v) is 7.54. The van der Waals surface area contributed by atoms with Crippen molar-refractivity contribution in [2.24, 2.45) is 17.3 Å². The van der Waals surface area contributed by atoms with E-state index in [0.29, 0.717) is 17.9 Å². The second-order valence-electron chi connectivity index (χ2n) is 12.1. The summed E-state index contributed by atoms with van der Waals surface area (Å²) in [6.45, 7) is 20.5. The van der Waals surface area contributed by atoms with Crippen molar-refractivity contribution in [3.63, 3.8) is 0 Å². The summed E-state index contributed by atoms with van der Waals surface area (Å²) in [4.78, 5) is 0. The Hall–Kier alpha value is -0.643. The highest BCUT2D eigenvalue weighted by Gasteiger charge is 2.50. The zero-order valence-corrected chi connectivity index (χ0v) is 21.7. The number of rotatable bonds is 4. The van der Waals surface area contributed by atoms with Gasteiger partial charge in [0.05, 0.1) is 6.10 Å². The smallest absolute Gasteiger partial charge is 0.192 e. The molecule has 0 radical (unpaired) electrons. The van der Waals surface area contributed by atoms with Gasteiger partial charge in [0.15, 0.2) is 8.32 Å². The van der Waals surface area contributed by atoms with Crippen molar-refractivity contribution in [3.8, 4) is 0 Å². The maximum absolute atomic E-state index is 10.3. The van der Waals surface area contributed by atoms with Crippen LogP contribution in [0.25, 0.3) is 0 Å². The van der Waals surface area contributed by atoms with Crippen molar-refractivity contribution in [2.45, 2.75) is 116 Å². The van der Waals surface area contributed by atoms with E-state index in [9.17, 15) is 5.11 Å². The lowest BCUT2D eigenvalue weighted by Crippen LogP contribution is -2.44. The molecule has 3 saturated carbocycles. The van der Waals surface area contributed by atoms with Crippen LogP contribution in [0.1, 0.15) is 86.0 Å². The molecule has 1 N–H and O–H groups in total. The number of aliphatic hydroxyl groups excluding tert-OH is 1. The third-order valence-electron chi connectivity index (χ3n) is 9.06. The Morgan fingerprint density at radius 1 is 1.17 bits per heavy atom. The lowest BCUT2D eigenvalue weighted by atomic mass is 9.62. The lowest BCUT2D eigenvalue weighted by molar-refractivity contribution is 0.0302. The van der Waals surface area contributed by atoms with Crippen LogP contribution in [0.4, 0.5) is 0 Å². The molecule has 2 unspecified atom stereocenters. The minimum Gasteiger partial charge on any atom is -0.414 e. The molecule has 0 aromatic heterocycles. The summed E-state index contributed by atoms with van der Waals surface area (Å²) in [5.41, 5.74) is 4.58. The molecular weight excluding hydrogens is 384 g/mol. The van der Waals surface area contributed by atoms with E-state index in [1.165, 1.54) is 43.3 Å². The van der Waals surface area contributed by atoms with E-state index in [2.05, 4.69) is 59.5 Å². The molecule has 0 aromatic carbocycles. The average molecular weight is 431 g/mol. The van der Waals surface area contributed by atoms with Gasteiger partial charge in [0.2, 0.25) is 0 Å². The van der Waals surface area contributed by atoms with Crippen LogP contribution in [0, 0.1) is 17.3 Å². The standard InChI is InChI=1S/C27H46O2Si/c1-19-11-14-23(29-30(7,8)26(3,4)5)18-22(19)13-12-21-10-9-17-27(6)24(20(2)28)15-16-25(21)27/h12-13,20,23-25,28H,1,9-11,14-18H2,2-8H3/b21-12+,22-13+/t20-,23?,24+,25?,27+/m0/s1. The molecular formula is C27H46O2Si. The van der Waals surface area contributed by atoms with Crippen molar-refractivity contribution in [3.05, 3.63) is 35.5 Å². The molecule has 0 spiro atoms. The van der Waals surface area contributed by atoms with E-state index in [1.54, 1.807) is 5.57 Å². The Kier molecular flexibility index (Phi) is 6.97. The van der Waals surface area contributed by atoms with Crippen LogP contribution in [-0.2, 0) is 4.43 Å². The predicted molar refractivity (Wildman–Crippen MR) is 131 cm³/mol. The minimum atomic E-state index is -1.74. The first-order chi connectivity index (χ1) is 13.8. The number of allylic oxidation sites excluding steroid dienone is 4. The molecule has 0 saturated heterocycles. The highest BCUT2D eigenvalue weighted by Crippen LogP contribution is 2.58. The Bertz CT molecular complexity index is 709. The average Bonchev–Trinajstić information content (AvgIpc) is 2.98. The first-order valence-corrected chi connectivity index (χ1v) is 15.2. The monoisotopic (exact) mass is 430 g/mol. The van der Waals surface area contributed by atoms with Gasteiger partial charge in [0.1, 0.15) is 0 Å². The predicted octanol–water partition coefficient (Wildman–Crippen LogP) is 7.57. The number of fused-ring (bicyclic) bond motifs is 1. The highest BCUT2D eigenvalue weighted by atomic mass is 28.4. The summed E-state index contributed by atoms with van der Waals surface area (Å²) < 4.78 is 6.75. The van der Waals surface area contributed by atoms with E-state index in [-0.39, 0.29) is 16.6 Å². The Labute approximate surface area is 187 Å². The van der Waals surface area contributed by atoms with Gasteiger partial charge < -0.3 is 9.53 Å². The number of hydrogen-bond acceptors (Lipinski definition) is 2. The SMILES string of the molecule is C=C1CCC(O[Si](C)(C)C(C)(C)C)C/C1=C\C=C1/CCC[C@@]2(C)C1CC[C@@H]2[C@H](C)O. The Morgan fingerprint density at radius 2 is 1.87 bits per heavy atom. The van der Waals surface area contributed by atoms with Crippen LogP contribution < -0.4 is 0 Å². The van der Waals surface area contributed by atoms with Gasteiger partial charge in [0, 0.05) is 6.10 Å². The van der Waals surface area contributed by atoms with Crippen LogP contribution in [0.5, 0.6) is 0 Å². The second kappa shape index (κ2) is 8.71. The van der Waals surface area contributed by atoms with Gasteiger partial charge in [-0.25, -0.2) is 0 Å². The second-order valence-corrected chi connectivity index (χ2v) is 16.9. The summed E-state index contributed by atoms with van der Waals surface area (Å²) in [5, 5.41) is 10.6. The molecule has 0 bridgehead atoms. The topological polar surface area (TPSA) is 29.5 Å². The largest absolute Gasteiger partial charge is 0.414 e. The fraction of sp³-hybridized carbons (Fsp3) is 0.778. The van der Waals surface area contributed by atoms with E-state index in [1.807, 2.05) is 6.92 Å². The van der Waals surface area contributed by atoms with Gasteiger partial charge in [-0.3, -0.25) is 0 Å². The first-order valence-electron chi connectivity index (χ1n) is 12.3. The van der Waals surface area contributed by atoms with Crippen molar-refractivity contribution in [1.29, 1.82) is 0 Å². The van der Waals surface area contributed by atoms with Gasteiger partial charge in [0.25, 0.3) is 0 Å². The zero-order chi connectivity index (χ0) is 22.3. The third-order valence-corrected chi connectivity index (χ3v) is 13.6. The molecule has 170 valence electrons. The third kappa shape index (κ3) is 4.73. The summed E-state index contributed by atoms with van der Waals surface area (Å²) in [6, 6.07) is 0. The first kappa shape index (κ1) is 24.0. The van der Waals surface area contributed by atoms with E-state index in [4.69, 9.17) is 4.43 Å². The van der Waals surface area contributed by atoms with Crippen molar-refractivity contribution >= 4 is 8.32 Å². The molecule has 3 aliphatic rings. The molecule has 0 aliphatic heterocycles. The van der Waals surface area contributed by atoms with E-state index >= 15 is 0 Å². The highest BCUT2D eigenvalue weighted by molar-refractivity contribution is 6.74.